The van der Waals surface area contributed by atoms with Crippen molar-refractivity contribution in [2.75, 3.05) is 0 Å². The molecule has 8 heteroatoms. The zero-order valence-corrected chi connectivity index (χ0v) is 19.1. The van der Waals surface area contributed by atoms with Gasteiger partial charge in [-0.15, -0.1) is 12.6 Å². The summed E-state index contributed by atoms with van der Waals surface area (Å²) < 4.78 is 12.5. The summed E-state index contributed by atoms with van der Waals surface area (Å²) in [5.41, 5.74) is 7.73. The van der Waals surface area contributed by atoms with Crippen molar-refractivity contribution in [3.8, 4) is 0 Å². The van der Waals surface area contributed by atoms with Crippen molar-refractivity contribution in [3.05, 3.63) is 118 Å². The molecule has 3 unspecified atom stereocenters. The van der Waals surface area contributed by atoms with Gasteiger partial charge >= 0.3 is 0 Å². The van der Waals surface area contributed by atoms with Crippen LogP contribution in [-0.4, -0.2) is 39.6 Å². The Labute approximate surface area is 203 Å². The number of aliphatic hydroxyl groups excluding tert-OH is 1. The molecule has 0 amide bonds. The lowest BCUT2D eigenvalue weighted by Crippen LogP contribution is -2.81. The summed E-state index contributed by atoms with van der Waals surface area (Å²) in [6.07, 6.45) is -3.01. The van der Waals surface area contributed by atoms with Crippen molar-refractivity contribution in [2.24, 2.45) is 5.11 Å². The van der Waals surface area contributed by atoms with Crippen LogP contribution in [0.25, 0.3) is 10.4 Å². The molecule has 2 aliphatic rings. The van der Waals surface area contributed by atoms with Crippen molar-refractivity contribution >= 4 is 12.6 Å². The van der Waals surface area contributed by atoms with Crippen LogP contribution in [0.3, 0.4) is 0 Å². The Morgan fingerprint density at radius 1 is 0.971 bits per heavy atom. The minimum atomic E-state index is -1.68. The first-order chi connectivity index (χ1) is 16.5. The molecule has 7 atom stereocenters. The molecule has 1 aliphatic carbocycles. The lowest BCUT2D eigenvalue weighted by molar-refractivity contribution is -0.343. The van der Waals surface area contributed by atoms with Crippen LogP contribution >= 0.6 is 12.6 Å². The highest BCUT2D eigenvalue weighted by molar-refractivity contribution is 7.80. The SMILES string of the molecule is [N-]=[N+]=NC1(c2ccccc2)[C@@H](OCc2ccccc2)[C@@]2(O)C(c3ccccc3)C(O)[C@H]2O[C@@H]1S. The second-order valence-corrected chi connectivity index (χ2v) is 9.20. The Morgan fingerprint density at radius 2 is 1.56 bits per heavy atom. The number of fused-ring (bicyclic) bond motifs is 1. The first-order valence-electron chi connectivity index (χ1n) is 11.1. The standard InChI is InChI=1S/C26H25N3O4S/c27-29-28-25(19-14-8-3-9-15-19)23(32-16-17-10-4-1-5-11-17)26(31)20(18-12-6-2-7-13-18)21(30)22(26)33-24(25)34/h1-15,20-24,30-31,34H,16H2/t20?,21?,22-,23-,24-,25?,26-/m1/s1. The van der Waals surface area contributed by atoms with Gasteiger partial charge < -0.3 is 19.7 Å². The summed E-state index contributed by atoms with van der Waals surface area (Å²) in [7, 11) is 0. The molecule has 174 valence electrons. The van der Waals surface area contributed by atoms with E-state index in [4.69, 9.17) is 9.47 Å². The van der Waals surface area contributed by atoms with E-state index in [0.29, 0.717) is 5.56 Å². The maximum atomic E-state index is 12.3. The fraction of sp³-hybridized carbons (Fsp3) is 0.308. The molecule has 1 saturated heterocycles. The minimum absolute atomic E-state index is 0.161. The Balaban J connectivity index is 1.67. The van der Waals surface area contributed by atoms with E-state index in [1.165, 1.54) is 0 Å². The molecule has 0 aromatic heterocycles. The van der Waals surface area contributed by atoms with Crippen molar-refractivity contribution in [1.29, 1.82) is 0 Å². The lowest BCUT2D eigenvalue weighted by Gasteiger charge is -2.65. The molecule has 3 aromatic rings. The van der Waals surface area contributed by atoms with E-state index in [1.807, 2.05) is 78.9 Å². The number of benzene rings is 3. The largest absolute Gasteiger partial charge is 0.390 e. The van der Waals surface area contributed by atoms with Crippen molar-refractivity contribution in [2.45, 2.75) is 47.4 Å². The molecule has 34 heavy (non-hydrogen) atoms. The Kier molecular flexibility index (Phi) is 6.12. The van der Waals surface area contributed by atoms with Gasteiger partial charge in [0, 0.05) is 10.8 Å². The number of azide groups is 1. The molecular weight excluding hydrogens is 450 g/mol. The zero-order valence-electron chi connectivity index (χ0n) is 18.3. The average Bonchev–Trinajstić information content (AvgIpc) is 2.87. The van der Waals surface area contributed by atoms with Crippen LogP contribution in [0.4, 0.5) is 0 Å². The highest BCUT2D eigenvalue weighted by Gasteiger charge is 2.75. The van der Waals surface area contributed by atoms with Gasteiger partial charge in [0.05, 0.1) is 12.7 Å². The number of ether oxygens (including phenoxy) is 2. The number of thiol groups is 1. The van der Waals surface area contributed by atoms with Crippen LogP contribution < -0.4 is 0 Å². The summed E-state index contributed by atoms with van der Waals surface area (Å²) in [6, 6.07) is 27.9. The topological polar surface area (TPSA) is 108 Å². The van der Waals surface area contributed by atoms with E-state index in [2.05, 4.69) is 22.7 Å². The third-order valence-electron chi connectivity index (χ3n) is 6.94. The Morgan fingerprint density at radius 3 is 2.18 bits per heavy atom. The first-order valence-corrected chi connectivity index (χ1v) is 11.6. The molecule has 2 fully saturated rings. The molecule has 5 rings (SSSR count). The molecule has 2 N–H and O–H groups in total. The summed E-state index contributed by atoms with van der Waals surface area (Å²) in [5, 5.41) is 27.5. The third-order valence-corrected chi connectivity index (χ3v) is 7.46. The summed E-state index contributed by atoms with van der Waals surface area (Å²) >= 11 is 4.67. The predicted octanol–water partition coefficient (Wildman–Crippen LogP) is 4.32. The lowest BCUT2D eigenvalue weighted by atomic mass is 9.54. The molecule has 0 radical (unpaired) electrons. The predicted molar refractivity (Wildman–Crippen MR) is 130 cm³/mol. The fourth-order valence-corrected chi connectivity index (χ4v) is 5.85. The smallest absolute Gasteiger partial charge is 0.138 e. The molecule has 1 aliphatic heterocycles. The maximum absolute atomic E-state index is 12.3. The van der Waals surface area contributed by atoms with E-state index in [9.17, 15) is 15.7 Å². The molecule has 1 heterocycles. The number of hydrogen-bond donors (Lipinski definition) is 3. The Hall–Kier alpha value is -2.84. The van der Waals surface area contributed by atoms with E-state index in [0.717, 1.165) is 11.1 Å². The van der Waals surface area contributed by atoms with Crippen LogP contribution in [0.2, 0.25) is 0 Å². The van der Waals surface area contributed by atoms with Crippen LogP contribution in [-0.2, 0) is 21.6 Å². The van der Waals surface area contributed by atoms with Crippen molar-refractivity contribution in [1.82, 2.24) is 0 Å². The van der Waals surface area contributed by atoms with Crippen molar-refractivity contribution < 1.29 is 19.7 Å². The minimum Gasteiger partial charge on any atom is -0.390 e. The molecule has 7 nitrogen and oxygen atoms in total. The van der Waals surface area contributed by atoms with Gasteiger partial charge in [0.1, 0.15) is 28.8 Å². The van der Waals surface area contributed by atoms with Crippen molar-refractivity contribution in [3.63, 3.8) is 0 Å². The molecule has 0 bridgehead atoms. The van der Waals surface area contributed by atoms with E-state index >= 15 is 0 Å². The second-order valence-electron chi connectivity index (χ2n) is 8.73. The van der Waals surface area contributed by atoms with Gasteiger partial charge in [0.2, 0.25) is 0 Å². The highest BCUT2D eigenvalue weighted by Crippen LogP contribution is 2.60. The maximum Gasteiger partial charge on any atom is 0.138 e. The number of aliphatic hydroxyl groups is 2. The third kappa shape index (κ3) is 3.43. The first kappa shape index (κ1) is 22.9. The van der Waals surface area contributed by atoms with E-state index in [1.54, 1.807) is 12.1 Å². The molecule has 0 spiro atoms. The van der Waals surface area contributed by atoms with E-state index < -0.39 is 40.8 Å². The normalized spacial score (nSPS) is 34.4. The summed E-state index contributed by atoms with van der Waals surface area (Å²) in [4.78, 5) is 3.14. The average molecular weight is 476 g/mol. The number of rotatable bonds is 6. The number of hydrogen-bond acceptors (Lipinski definition) is 6. The van der Waals surface area contributed by atoms with Crippen LogP contribution in [0.5, 0.6) is 0 Å². The van der Waals surface area contributed by atoms with Crippen LogP contribution in [0, 0.1) is 0 Å². The van der Waals surface area contributed by atoms with Gasteiger partial charge in [0.15, 0.2) is 0 Å². The van der Waals surface area contributed by atoms with Gasteiger partial charge in [-0.25, -0.2) is 0 Å². The summed E-state index contributed by atoms with van der Waals surface area (Å²) in [6.45, 7) is 0.161. The molecule has 1 saturated carbocycles. The number of nitrogens with zero attached hydrogens (tertiary/aromatic N) is 3. The van der Waals surface area contributed by atoms with Crippen LogP contribution in [0.15, 0.2) is 96.1 Å². The quantitative estimate of drug-likeness (QED) is 0.214. The van der Waals surface area contributed by atoms with Gasteiger partial charge in [-0.05, 0) is 22.2 Å². The van der Waals surface area contributed by atoms with Gasteiger partial charge in [0.25, 0.3) is 0 Å². The fourth-order valence-electron chi connectivity index (χ4n) is 5.38. The van der Waals surface area contributed by atoms with Gasteiger partial charge in [-0.2, -0.15) is 0 Å². The van der Waals surface area contributed by atoms with E-state index in [-0.39, 0.29) is 6.61 Å². The van der Waals surface area contributed by atoms with Gasteiger partial charge in [-0.3, -0.25) is 0 Å². The van der Waals surface area contributed by atoms with Gasteiger partial charge in [-0.1, -0.05) is 96.1 Å². The molecular formula is C26H25N3O4S. The monoisotopic (exact) mass is 475 g/mol. The zero-order chi connectivity index (χ0) is 23.8. The second kappa shape index (κ2) is 9.07. The Bertz CT molecular complexity index is 1180. The summed E-state index contributed by atoms with van der Waals surface area (Å²) in [5.74, 6) is -0.711. The highest BCUT2D eigenvalue weighted by atomic mass is 32.1. The molecule has 3 aromatic carbocycles. The van der Waals surface area contributed by atoms with Crippen LogP contribution in [0.1, 0.15) is 22.6 Å².